The second-order valence-electron chi connectivity index (χ2n) is 5.55. The summed E-state index contributed by atoms with van der Waals surface area (Å²) in [5.74, 6) is -0.0755. The first-order valence-electron chi connectivity index (χ1n) is 6.18. The predicted molar refractivity (Wildman–Crippen MR) is 66.5 cm³/mol. The van der Waals surface area contributed by atoms with Gasteiger partial charge in [-0.05, 0) is 33.6 Å². The Hall–Kier alpha value is -1.10. The van der Waals surface area contributed by atoms with Crippen molar-refractivity contribution in [3.63, 3.8) is 0 Å². The topological polar surface area (TPSA) is 70.2 Å². The molecular weight excluding hydrogens is 218 g/mol. The summed E-state index contributed by atoms with van der Waals surface area (Å²) in [6.45, 7) is 6.55. The van der Waals surface area contributed by atoms with Gasteiger partial charge in [-0.25, -0.2) is 0 Å². The molecule has 5 nitrogen and oxygen atoms in total. The fraction of sp³-hybridized carbons (Fsp3) is 0.833. The van der Waals surface area contributed by atoms with Crippen molar-refractivity contribution in [3.05, 3.63) is 0 Å². The molecule has 1 rings (SSSR count). The monoisotopic (exact) mass is 241 g/mol. The number of hydrogen-bond donors (Lipinski definition) is 3. The maximum atomic E-state index is 11.4. The lowest BCUT2D eigenvalue weighted by molar-refractivity contribution is -0.123. The number of carbonyl (C=O) groups excluding carboxylic acids is 2. The Morgan fingerprint density at radius 1 is 1.18 bits per heavy atom. The van der Waals surface area contributed by atoms with E-state index >= 15 is 0 Å². The van der Waals surface area contributed by atoms with Crippen LogP contribution in [0.3, 0.4) is 0 Å². The summed E-state index contributed by atoms with van der Waals surface area (Å²) in [4.78, 5) is 22.8. The molecule has 0 saturated heterocycles. The van der Waals surface area contributed by atoms with Crippen LogP contribution >= 0.6 is 0 Å². The highest BCUT2D eigenvalue weighted by Crippen LogP contribution is 2.17. The third kappa shape index (κ3) is 7.74. The van der Waals surface area contributed by atoms with Gasteiger partial charge < -0.3 is 16.0 Å². The maximum absolute atomic E-state index is 11.4. The van der Waals surface area contributed by atoms with E-state index < -0.39 is 0 Å². The van der Waals surface area contributed by atoms with E-state index in [-0.39, 0.29) is 17.4 Å². The van der Waals surface area contributed by atoms with Gasteiger partial charge in [0.05, 0.1) is 6.54 Å². The van der Waals surface area contributed by atoms with Crippen LogP contribution in [-0.2, 0) is 9.59 Å². The van der Waals surface area contributed by atoms with Crippen LogP contribution in [0.2, 0.25) is 0 Å². The van der Waals surface area contributed by atoms with Crippen LogP contribution in [0.4, 0.5) is 0 Å². The van der Waals surface area contributed by atoms with E-state index in [9.17, 15) is 9.59 Å². The quantitative estimate of drug-likeness (QED) is 0.620. The smallest absolute Gasteiger partial charge is 0.233 e. The highest BCUT2D eigenvalue weighted by atomic mass is 16.2. The Morgan fingerprint density at radius 2 is 1.82 bits per heavy atom. The summed E-state index contributed by atoms with van der Waals surface area (Å²) in [6, 6.07) is 0.532. The van der Waals surface area contributed by atoms with Gasteiger partial charge in [0.2, 0.25) is 11.8 Å². The van der Waals surface area contributed by atoms with Crippen LogP contribution in [0, 0.1) is 0 Å². The molecule has 0 radical (unpaired) electrons. The molecule has 17 heavy (non-hydrogen) atoms. The molecule has 0 bridgehead atoms. The normalized spacial score (nSPS) is 15.5. The molecule has 1 aliphatic rings. The Bertz CT molecular complexity index is 280. The number of nitrogens with one attached hydrogen (secondary N) is 3. The van der Waals surface area contributed by atoms with Crippen molar-refractivity contribution in [1.82, 2.24) is 16.0 Å². The molecule has 0 unspecified atom stereocenters. The lowest BCUT2D eigenvalue weighted by atomic mass is 10.1. The van der Waals surface area contributed by atoms with Crippen molar-refractivity contribution >= 4 is 11.8 Å². The van der Waals surface area contributed by atoms with Gasteiger partial charge in [0.1, 0.15) is 0 Å². The van der Waals surface area contributed by atoms with Gasteiger partial charge in [-0.3, -0.25) is 9.59 Å². The first-order chi connectivity index (χ1) is 7.87. The summed E-state index contributed by atoms with van der Waals surface area (Å²) in [7, 11) is 0. The van der Waals surface area contributed by atoms with Gasteiger partial charge in [-0.15, -0.1) is 0 Å². The molecule has 0 aromatic rings. The molecule has 5 heteroatoms. The summed E-state index contributed by atoms with van der Waals surface area (Å²) in [5.41, 5.74) is -0.214. The third-order valence-corrected chi connectivity index (χ3v) is 2.32. The minimum absolute atomic E-state index is 0.0343. The van der Waals surface area contributed by atoms with Crippen LogP contribution in [0.25, 0.3) is 0 Å². The second-order valence-corrected chi connectivity index (χ2v) is 5.55. The molecule has 0 heterocycles. The van der Waals surface area contributed by atoms with Crippen molar-refractivity contribution in [1.29, 1.82) is 0 Å². The lowest BCUT2D eigenvalue weighted by Crippen LogP contribution is -2.42. The third-order valence-electron chi connectivity index (χ3n) is 2.32. The van der Waals surface area contributed by atoms with Crippen molar-refractivity contribution in [3.8, 4) is 0 Å². The van der Waals surface area contributed by atoms with E-state index in [2.05, 4.69) is 16.0 Å². The Labute approximate surface area is 103 Å². The summed E-state index contributed by atoms with van der Waals surface area (Å²) < 4.78 is 0. The van der Waals surface area contributed by atoms with Gasteiger partial charge >= 0.3 is 0 Å². The molecule has 2 amide bonds. The molecule has 0 aromatic heterocycles. The van der Waals surface area contributed by atoms with E-state index in [0.717, 1.165) is 0 Å². The van der Waals surface area contributed by atoms with Gasteiger partial charge in [-0.1, -0.05) is 0 Å². The lowest BCUT2D eigenvalue weighted by Gasteiger charge is -2.20. The minimum Gasteiger partial charge on any atom is -0.354 e. The van der Waals surface area contributed by atoms with Crippen molar-refractivity contribution in [2.45, 2.75) is 51.6 Å². The molecule has 0 spiro atoms. The average molecular weight is 241 g/mol. The van der Waals surface area contributed by atoms with Crippen molar-refractivity contribution < 1.29 is 9.59 Å². The SMILES string of the molecule is CC(C)(C)NC(=O)CCNC(=O)CNC1CC1. The zero-order chi connectivity index (χ0) is 12.9. The standard InChI is InChI=1S/C12H23N3O2/c1-12(2,3)15-10(16)6-7-13-11(17)8-14-9-4-5-9/h9,14H,4-8H2,1-3H3,(H,13,17)(H,15,16). The van der Waals surface area contributed by atoms with E-state index in [0.29, 0.717) is 25.6 Å². The molecule has 0 atom stereocenters. The highest BCUT2D eigenvalue weighted by molar-refractivity contribution is 5.80. The molecular formula is C12H23N3O2. The highest BCUT2D eigenvalue weighted by Gasteiger charge is 2.21. The summed E-state index contributed by atoms with van der Waals surface area (Å²) in [6.07, 6.45) is 2.66. The molecule has 1 fully saturated rings. The van der Waals surface area contributed by atoms with E-state index in [1.807, 2.05) is 20.8 Å². The molecule has 1 aliphatic carbocycles. The number of carbonyl (C=O) groups is 2. The first kappa shape index (κ1) is 14.0. The van der Waals surface area contributed by atoms with E-state index in [4.69, 9.17) is 0 Å². The van der Waals surface area contributed by atoms with Gasteiger partial charge in [0.15, 0.2) is 0 Å². The fourth-order valence-electron chi connectivity index (χ4n) is 1.38. The molecule has 98 valence electrons. The van der Waals surface area contributed by atoms with Gasteiger partial charge in [0.25, 0.3) is 0 Å². The predicted octanol–water partition coefficient (Wildman–Crippen LogP) is 0.159. The largest absolute Gasteiger partial charge is 0.354 e. The Kier molecular flexibility index (Phi) is 4.93. The van der Waals surface area contributed by atoms with Crippen LogP contribution in [0.5, 0.6) is 0 Å². The zero-order valence-corrected chi connectivity index (χ0v) is 10.9. The zero-order valence-electron chi connectivity index (χ0n) is 10.9. The molecule has 0 aliphatic heterocycles. The van der Waals surface area contributed by atoms with Crippen LogP contribution in [-0.4, -0.2) is 36.5 Å². The molecule has 1 saturated carbocycles. The minimum atomic E-state index is -0.214. The van der Waals surface area contributed by atoms with Crippen molar-refractivity contribution in [2.75, 3.05) is 13.1 Å². The van der Waals surface area contributed by atoms with Gasteiger partial charge in [0, 0.05) is 24.5 Å². The van der Waals surface area contributed by atoms with E-state index in [1.54, 1.807) is 0 Å². The Morgan fingerprint density at radius 3 is 2.35 bits per heavy atom. The van der Waals surface area contributed by atoms with Crippen LogP contribution in [0.1, 0.15) is 40.0 Å². The van der Waals surface area contributed by atoms with Gasteiger partial charge in [-0.2, -0.15) is 0 Å². The summed E-state index contributed by atoms with van der Waals surface area (Å²) >= 11 is 0. The molecule has 0 aromatic carbocycles. The number of amides is 2. The fourth-order valence-corrected chi connectivity index (χ4v) is 1.38. The number of rotatable bonds is 6. The van der Waals surface area contributed by atoms with Crippen LogP contribution < -0.4 is 16.0 Å². The second kappa shape index (κ2) is 6.00. The first-order valence-corrected chi connectivity index (χ1v) is 6.18. The summed E-state index contributed by atoms with van der Waals surface area (Å²) in [5, 5.41) is 8.69. The molecule has 3 N–H and O–H groups in total. The average Bonchev–Trinajstić information content (AvgIpc) is 2.95. The van der Waals surface area contributed by atoms with Crippen LogP contribution in [0.15, 0.2) is 0 Å². The van der Waals surface area contributed by atoms with Crippen molar-refractivity contribution in [2.24, 2.45) is 0 Å². The number of hydrogen-bond acceptors (Lipinski definition) is 3. The Balaban J connectivity index is 2.01. The maximum Gasteiger partial charge on any atom is 0.233 e. The van der Waals surface area contributed by atoms with E-state index in [1.165, 1.54) is 12.8 Å².